The summed E-state index contributed by atoms with van der Waals surface area (Å²) in [6.45, 7) is 5.44. The monoisotopic (exact) mass is 204 g/mol. The molecule has 0 spiro atoms. The molecule has 0 aliphatic heterocycles. The molecule has 0 heterocycles. The molecule has 3 N–H and O–H groups in total. The van der Waals surface area contributed by atoms with E-state index in [0.29, 0.717) is 0 Å². The third-order valence-electron chi connectivity index (χ3n) is 2.16. The highest BCUT2D eigenvalue weighted by molar-refractivity contribution is 5.83. The Morgan fingerprint density at radius 3 is 2.60 bits per heavy atom. The molecule has 1 aromatic rings. The minimum atomic E-state index is -0.617. The van der Waals surface area contributed by atoms with Crippen LogP contribution in [0.15, 0.2) is 43.0 Å². The van der Waals surface area contributed by atoms with Crippen molar-refractivity contribution in [3.8, 4) is 0 Å². The van der Waals surface area contributed by atoms with Gasteiger partial charge in [0.05, 0.1) is 0 Å². The van der Waals surface area contributed by atoms with Gasteiger partial charge in [0, 0.05) is 6.04 Å². The minimum Gasteiger partial charge on any atom is -0.349 e. The molecule has 0 aliphatic rings. The average Bonchev–Trinajstić information content (AvgIpc) is 2.29. The second kappa shape index (κ2) is 5.32. The summed E-state index contributed by atoms with van der Waals surface area (Å²) in [6.07, 6.45) is 1.66. The van der Waals surface area contributed by atoms with Crippen LogP contribution in [0, 0.1) is 0 Å². The van der Waals surface area contributed by atoms with Crippen LogP contribution in [0.1, 0.15) is 18.5 Å². The Kier molecular flexibility index (Phi) is 4.06. The van der Waals surface area contributed by atoms with Crippen molar-refractivity contribution in [2.24, 2.45) is 5.73 Å². The van der Waals surface area contributed by atoms with Crippen molar-refractivity contribution in [2.75, 3.05) is 0 Å². The number of carbonyl (C=O) groups is 1. The molecule has 3 heteroatoms. The number of nitrogens with one attached hydrogen (secondary N) is 1. The smallest absolute Gasteiger partial charge is 0.241 e. The van der Waals surface area contributed by atoms with Gasteiger partial charge in [-0.3, -0.25) is 4.79 Å². The van der Waals surface area contributed by atoms with Crippen LogP contribution >= 0.6 is 0 Å². The maximum Gasteiger partial charge on any atom is 0.241 e. The van der Waals surface area contributed by atoms with Gasteiger partial charge in [0.2, 0.25) is 5.91 Å². The highest BCUT2D eigenvalue weighted by Crippen LogP contribution is 2.09. The van der Waals surface area contributed by atoms with Crippen LogP contribution in [0.5, 0.6) is 0 Å². The Hall–Kier alpha value is -1.61. The van der Waals surface area contributed by atoms with Crippen molar-refractivity contribution in [3.05, 3.63) is 48.6 Å². The first-order chi connectivity index (χ1) is 7.15. The molecular weight excluding hydrogens is 188 g/mol. The topological polar surface area (TPSA) is 55.1 Å². The van der Waals surface area contributed by atoms with Gasteiger partial charge in [0.15, 0.2) is 0 Å². The van der Waals surface area contributed by atoms with Gasteiger partial charge in [-0.25, -0.2) is 0 Å². The summed E-state index contributed by atoms with van der Waals surface area (Å²) in [5, 5.41) is 2.75. The summed E-state index contributed by atoms with van der Waals surface area (Å²) in [6, 6.07) is 8.60. The van der Waals surface area contributed by atoms with Crippen molar-refractivity contribution in [2.45, 2.75) is 19.0 Å². The lowest BCUT2D eigenvalue weighted by Crippen LogP contribution is -2.38. The second-order valence-electron chi connectivity index (χ2n) is 3.42. The maximum absolute atomic E-state index is 11.6. The van der Waals surface area contributed by atoms with Gasteiger partial charge >= 0.3 is 0 Å². The fraction of sp³-hybridized carbons (Fsp3) is 0.250. The van der Waals surface area contributed by atoms with E-state index in [9.17, 15) is 4.79 Å². The number of hydrogen-bond donors (Lipinski definition) is 2. The molecule has 15 heavy (non-hydrogen) atoms. The van der Waals surface area contributed by atoms with E-state index in [1.807, 2.05) is 37.3 Å². The average molecular weight is 204 g/mol. The molecule has 0 aromatic heterocycles. The predicted octanol–water partition coefficient (Wildman–Crippen LogP) is 1.38. The first kappa shape index (κ1) is 11.5. The molecule has 80 valence electrons. The molecule has 3 nitrogen and oxygen atoms in total. The number of rotatable bonds is 4. The Labute approximate surface area is 90.0 Å². The van der Waals surface area contributed by atoms with Crippen LogP contribution in [0.3, 0.4) is 0 Å². The molecule has 0 saturated heterocycles. The zero-order valence-corrected chi connectivity index (χ0v) is 8.81. The fourth-order valence-corrected chi connectivity index (χ4v) is 1.18. The lowest BCUT2D eigenvalue weighted by molar-refractivity contribution is -0.122. The maximum atomic E-state index is 11.6. The van der Waals surface area contributed by atoms with Gasteiger partial charge in [-0.15, -0.1) is 6.58 Å². The number of amides is 1. The van der Waals surface area contributed by atoms with Crippen LogP contribution in [0.25, 0.3) is 0 Å². The Bertz CT molecular complexity index is 335. The molecule has 1 aromatic carbocycles. The highest BCUT2D eigenvalue weighted by Gasteiger charge is 2.15. The number of nitrogens with two attached hydrogens (primary N) is 1. The van der Waals surface area contributed by atoms with Crippen molar-refractivity contribution in [3.63, 3.8) is 0 Å². The Balaban J connectivity index is 2.65. The Morgan fingerprint density at radius 2 is 2.07 bits per heavy atom. The van der Waals surface area contributed by atoms with Gasteiger partial charge in [-0.2, -0.15) is 0 Å². The summed E-state index contributed by atoms with van der Waals surface area (Å²) in [4.78, 5) is 11.6. The van der Waals surface area contributed by atoms with Crippen LogP contribution in [0.4, 0.5) is 0 Å². The van der Waals surface area contributed by atoms with E-state index >= 15 is 0 Å². The van der Waals surface area contributed by atoms with E-state index in [2.05, 4.69) is 11.9 Å². The third kappa shape index (κ3) is 3.22. The molecule has 1 rings (SSSR count). The lowest BCUT2D eigenvalue weighted by atomic mass is 10.1. The molecular formula is C12H16N2O. The summed E-state index contributed by atoms with van der Waals surface area (Å²) in [5.41, 5.74) is 6.61. The molecule has 1 amide bonds. The molecule has 0 aliphatic carbocycles. The lowest BCUT2D eigenvalue weighted by Gasteiger charge is -2.14. The quantitative estimate of drug-likeness (QED) is 0.728. The largest absolute Gasteiger partial charge is 0.349 e. The fourth-order valence-electron chi connectivity index (χ4n) is 1.18. The summed E-state index contributed by atoms with van der Waals surface area (Å²) < 4.78 is 0. The molecule has 0 bridgehead atoms. The third-order valence-corrected chi connectivity index (χ3v) is 2.16. The molecule has 1 unspecified atom stereocenters. The molecule has 0 saturated carbocycles. The van der Waals surface area contributed by atoms with Crippen LogP contribution < -0.4 is 11.1 Å². The van der Waals surface area contributed by atoms with Gasteiger partial charge < -0.3 is 11.1 Å². The summed E-state index contributed by atoms with van der Waals surface area (Å²) >= 11 is 0. The predicted molar refractivity (Wildman–Crippen MR) is 61.2 cm³/mol. The van der Waals surface area contributed by atoms with Gasteiger partial charge in [-0.1, -0.05) is 36.4 Å². The summed E-state index contributed by atoms with van der Waals surface area (Å²) in [7, 11) is 0. The standard InChI is InChI=1S/C12H16N2O/c1-3-9(2)14-12(15)11(13)10-7-5-4-6-8-10/h3-9,11H,1,13H2,2H3,(H,14,15)/t9?,11-/m1/s1. The summed E-state index contributed by atoms with van der Waals surface area (Å²) in [5.74, 6) is -0.186. The van der Waals surface area contributed by atoms with Crippen molar-refractivity contribution < 1.29 is 4.79 Å². The van der Waals surface area contributed by atoms with Crippen molar-refractivity contribution in [1.82, 2.24) is 5.32 Å². The van der Waals surface area contributed by atoms with Gasteiger partial charge in [0.1, 0.15) is 6.04 Å². The van der Waals surface area contributed by atoms with Crippen molar-refractivity contribution >= 4 is 5.91 Å². The van der Waals surface area contributed by atoms with E-state index in [4.69, 9.17) is 5.73 Å². The van der Waals surface area contributed by atoms with E-state index in [-0.39, 0.29) is 11.9 Å². The first-order valence-corrected chi connectivity index (χ1v) is 4.88. The highest BCUT2D eigenvalue weighted by atomic mass is 16.2. The van der Waals surface area contributed by atoms with Gasteiger partial charge in [-0.05, 0) is 12.5 Å². The van der Waals surface area contributed by atoms with Crippen molar-refractivity contribution in [1.29, 1.82) is 0 Å². The number of benzene rings is 1. The molecule has 2 atom stereocenters. The molecule has 0 fully saturated rings. The second-order valence-corrected chi connectivity index (χ2v) is 3.42. The Morgan fingerprint density at radius 1 is 1.47 bits per heavy atom. The van der Waals surface area contributed by atoms with Crippen LogP contribution in [0.2, 0.25) is 0 Å². The normalized spacial score (nSPS) is 14.0. The van der Waals surface area contributed by atoms with Crippen LogP contribution in [-0.2, 0) is 4.79 Å². The van der Waals surface area contributed by atoms with Crippen LogP contribution in [-0.4, -0.2) is 11.9 Å². The van der Waals surface area contributed by atoms with E-state index in [1.165, 1.54) is 0 Å². The van der Waals surface area contributed by atoms with Gasteiger partial charge in [0.25, 0.3) is 0 Å². The SMILES string of the molecule is C=CC(C)NC(=O)[C@H](N)c1ccccc1. The van der Waals surface area contributed by atoms with E-state index < -0.39 is 6.04 Å². The zero-order valence-electron chi connectivity index (χ0n) is 8.81. The van der Waals surface area contributed by atoms with E-state index in [0.717, 1.165) is 5.56 Å². The number of hydrogen-bond acceptors (Lipinski definition) is 2. The first-order valence-electron chi connectivity index (χ1n) is 4.88. The molecule has 0 radical (unpaired) electrons. The number of carbonyl (C=O) groups excluding carboxylic acids is 1. The minimum absolute atomic E-state index is 0.0627. The zero-order chi connectivity index (χ0) is 11.3. The van der Waals surface area contributed by atoms with E-state index in [1.54, 1.807) is 6.08 Å².